The van der Waals surface area contributed by atoms with Gasteiger partial charge in [-0.25, -0.2) is 0 Å². The van der Waals surface area contributed by atoms with Gasteiger partial charge in [0.1, 0.15) is 0 Å². The summed E-state index contributed by atoms with van der Waals surface area (Å²) in [6, 6.07) is 0. The van der Waals surface area contributed by atoms with Crippen LogP contribution in [0.3, 0.4) is 0 Å². The van der Waals surface area contributed by atoms with Crippen molar-refractivity contribution >= 4 is 24.0 Å². The van der Waals surface area contributed by atoms with E-state index in [0.29, 0.717) is 0 Å². The average Bonchev–Trinajstić information content (AvgIpc) is 2.20. The van der Waals surface area contributed by atoms with Crippen molar-refractivity contribution in [3.63, 3.8) is 0 Å². The van der Waals surface area contributed by atoms with Crippen molar-refractivity contribution < 1.29 is 19.3 Å². The van der Waals surface area contributed by atoms with Gasteiger partial charge in [0.05, 0.1) is 18.5 Å². The van der Waals surface area contributed by atoms with E-state index in [1.807, 2.05) is 0 Å². The normalized spacial score (nSPS) is 19.8. The molecule has 1 saturated heterocycles. The second-order valence-electron chi connectivity index (χ2n) is 2.30. The monoisotopic (exact) mass is 274 g/mol. The van der Waals surface area contributed by atoms with Crippen LogP contribution in [0.1, 0.15) is 0 Å². The van der Waals surface area contributed by atoms with E-state index < -0.39 is 13.9 Å². The lowest BCUT2D eigenvalue weighted by molar-refractivity contribution is 0.109. The average molecular weight is 275 g/mol. The van der Waals surface area contributed by atoms with Crippen LogP contribution in [-0.4, -0.2) is 47.5 Å². The molecular formula is C6H14BrNO4P+. The minimum Gasteiger partial charge on any atom is -0.379 e. The van der Waals surface area contributed by atoms with Gasteiger partial charge in [-0.1, -0.05) is 15.9 Å². The first-order chi connectivity index (χ1) is 6.18. The second kappa shape index (κ2) is 8.99. The van der Waals surface area contributed by atoms with Crippen LogP contribution in [0.2, 0.25) is 0 Å². The van der Waals surface area contributed by atoms with E-state index in [9.17, 15) is 4.57 Å². The number of aliphatic hydroxyl groups excluding tert-OH is 1. The Morgan fingerprint density at radius 1 is 1.54 bits per heavy atom. The van der Waals surface area contributed by atoms with E-state index >= 15 is 0 Å². The third-order valence-electron chi connectivity index (χ3n) is 1.24. The van der Waals surface area contributed by atoms with E-state index in [-0.39, 0.29) is 5.33 Å². The van der Waals surface area contributed by atoms with Gasteiger partial charge in [0.2, 0.25) is 0 Å². The highest BCUT2D eigenvalue weighted by molar-refractivity contribution is 9.09. The van der Waals surface area contributed by atoms with Crippen molar-refractivity contribution in [1.82, 2.24) is 5.32 Å². The summed E-state index contributed by atoms with van der Waals surface area (Å²) in [6.07, 6.45) is 0. The van der Waals surface area contributed by atoms with Crippen molar-refractivity contribution in [3.8, 4) is 0 Å². The molecule has 1 aliphatic rings. The second-order valence-corrected chi connectivity index (χ2v) is 4.15. The molecule has 0 aliphatic carbocycles. The van der Waals surface area contributed by atoms with Gasteiger partial charge in [-0.05, 0) is 4.57 Å². The van der Waals surface area contributed by atoms with Crippen LogP contribution in [-0.2, 0) is 9.30 Å². The number of ether oxygens (including phenoxy) is 1. The summed E-state index contributed by atoms with van der Waals surface area (Å²) in [5, 5.41) is 11.7. The summed E-state index contributed by atoms with van der Waals surface area (Å²) in [4.78, 5) is 8.05. The van der Waals surface area contributed by atoms with Crippen LogP contribution in [0, 0.1) is 0 Å². The predicted octanol–water partition coefficient (Wildman–Crippen LogP) is 0.0406. The SMILES string of the molecule is C1COCCN1.O=[P+](O)C(O)CBr. The molecule has 78 valence electrons. The summed E-state index contributed by atoms with van der Waals surface area (Å²) in [5.74, 6) is -1.12. The number of hydrogen-bond acceptors (Lipinski definition) is 4. The molecule has 0 aromatic heterocycles. The van der Waals surface area contributed by atoms with Crippen LogP contribution in [0.15, 0.2) is 0 Å². The van der Waals surface area contributed by atoms with Gasteiger partial charge in [-0.3, -0.25) is 0 Å². The zero-order valence-corrected chi connectivity index (χ0v) is 9.63. The molecule has 1 heterocycles. The summed E-state index contributed by atoms with van der Waals surface area (Å²) in [7, 11) is -2.40. The minimum absolute atomic E-state index is 0.151. The molecule has 1 aliphatic heterocycles. The molecule has 0 spiro atoms. The highest BCUT2D eigenvalue weighted by atomic mass is 79.9. The van der Waals surface area contributed by atoms with Gasteiger partial charge >= 0.3 is 8.03 Å². The molecule has 1 rings (SSSR count). The lowest BCUT2D eigenvalue weighted by Gasteiger charge is -2.10. The van der Waals surface area contributed by atoms with E-state index in [0.717, 1.165) is 26.3 Å². The first kappa shape index (κ1) is 13.4. The Kier molecular flexibility index (Phi) is 9.28. The van der Waals surface area contributed by atoms with Gasteiger partial charge in [0.25, 0.3) is 5.85 Å². The van der Waals surface area contributed by atoms with Gasteiger partial charge in [0.15, 0.2) is 0 Å². The first-order valence-electron chi connectivity index (χ1n) is 3.86. The summed E-state index contributed by atoms with van der Waals surface area (Å²) in [6.45, 7) is 3.83. The van der Waals surface area contributed by atoms with Crippen molar-refractivity contribution in [2.24, 2.45) is 0 Å². The Bertz CT molecular complexity index is 133. The third kappa shape index (κ3) is 8.74. The van der Waals surface area contributed by atoms with E-state index in [1.165, 1.54) is 0 Å². The Morgan fingerprint density at radius 3 is 2.15 bits per heavy atom. The van der Waals surface area contributed by atoms with Gasteiger partial charge in [-0.2, -0.15) is 4.89 Å². The summed E-state index contributed by atoms with van der Waals surface area (Å²) >= 11 is 2.82. The number of alkyl halides is 1. The molecule has 0 radical (unpaired) electrons. The third-order valence-corrected chi connectivity index (χ3v) is 3.05. The molecule has 3 N–H and O–H groups in total. The first-order valence-corrected chi connectivity index (χ1v) is 6.26. The topological polar surface area (TPSA) is 78.8 Å². The molecule has 1 fully saturated rings. The number of hydrogen-bond donors (Lipinski definition) is 3. The van der Waals surface area contributed by atoms with Crippen molar-refractivity contribution in [2.45, 2.75) is 5.85 Å². The van der Waals surface area contributed by atoms with Crippen LogP contribution in [0.5, 0.6) is 0 Å². The van der Waals surface area contributed by atoms with Crippen LogP contribution < -0.4 is 5.32 Å². The maximum atomic E-state index is 9.80. The lowest BCUT2D eigenvalue weighted by Crippen LogP contribution is -2.30. The van der Waals surface area contributed by atoms with Gasteiger partial charge in [0, 0.05) is 13.1 Å². The molecule has 0 amide bonds. The molecule has 0 aromatic rings. The van der Waals surface area contributed by atoms with Gasteiger partial charge < -0.3 is 15.2 Å². The van der Waals surface area contributed by atoms with E-state index in [1.54, 1.807) is 0 Å². The van der Waals surface area contributed by atoms with Crippen molar-refractivity contribution in [2.75, 3.05) is 31.6 Å². The van der Waals surface area contributed by atoms with E-state index in [4.69, 9.17) is 14.7 Å². The number of morpholine rings is 1. The molecule has 7 heteroatoms. The number of nitrogens with one attached hydrogen (secondary N) is 1. The fourth-order valence-corrected chi connectivity index (χ4v) is 1.44. The van der Waals surface area contributed by atoms with Crippen molar-refractivity contribution in [3.05, 3.63) is 0 Å². The Hall–Kier alpha value is 0.420. The zero-order valence-electron chi connectivity index (χ0n) is 7.15. The smallest absolute Gasteiger partial charge is 0.379 e. The molecule has 2 atom stereocenters. The van der Waals surface area contributed by atoms with E-state index in [2.05, 4.69) is 21.2 Å². The maximum absolute atomic E-state index is 9.80. The fourth-order valence-electron chi connectivity index (χ4n) is 0.575. The highest BCUT2D eigenvalue weighted by Gasteiger charge is 2.23. The lowest BCUT2D eigenvalue weighted by atomic mass is 10.5. The molecule has 2 unspecified atom stereocenters. The number of halogens is 1. The Labute approximate surface area is 86.5 Å². The fraction of sp³-hybridized carbons (Fsp3) is 1.00. The molecule has 13 heavy (non-hydrogen) atoms. The molecule has 0 saturated carbocycles. The number of aliphatic hydroxyl groups is 1. The molecular weight excluding hydrogens is 261 g/mol. The zero-order chi connectivity index (χ0) is 10.1. The molecule has 0 aromatic carbocycles. The van der Waals surface area contributed by atoms with Gasteiger partial charge in [-0.15, -0.1) is 0 Å². The van der Waals surface area contributed by atoms with Crippen LogP contribution >= 0.6 is 24.0 Å². The minimum atomic E-state index is -2.40. The summed E-state index contributed by atoms with van der Waals surface area (Å²) in [5.41, 5.74) is 0. The van der Waals surface area contributed by atoms with Crippen LogP contribution in [0.25, 0.3) is 0 Å². The predicted molar refractivity (Wildman–Crippen MR) is 53.3 cm³/mol. The summed E-state index contributed by atoms with van der Waals surface area (Å²) < 4.78 is 14.8. The largest absolute Gasteiger partial charge is 0.538 e. The molecule has 5 nitrogen and oxygen atoms in total. The van der Waals surface area contributed by atoms with Crippen LogP contribution in [0.4, 0.5) is 0 Å². The maximum Gasteiger partial charge on any atom is 0.538 e. The Balaban J connectivity index is 0.000000223. The molecule has 0 bridgehead atoms. The standard InChI is InChI=1S/C4H9NO.C2H4BrO3P/c1-3-6-4-2-5-1;3-1-2(4)7(5)6/h5H,1-4H2;2,4H,1H2/p+1. The Morgan fingerprint density at radius 2 is 2.08 bits per heavy atom. The number of rotatable bonds is 2. The highest BCUT2D eigenvalue weighted by Crippen LogP contribution is 2.20. The quantitative estimate of drug-likeness (QED) is 0.490. The van der Waals surface area contributed by atoms with Crippen molar-refractivity contribution in [1.29, 1.82) is 0 Å².